The molecule has 0 aromatic rings. The Balaban J connectivity index is 1.23. The van der Waals surface area contributed by atoms with Crippen molar-refractivity contribution in [1.29, 1.82) is 0 Å². The summed E-state index contributed by atoms with van der Waals surface area (Å²) in [7, 11) is 0. The highest BCUT2D eigenvalue weighted by Gasteiger charge is 2.45. The molecule has 4 heteroatoms. The molecule has 0 spiro atoms. The van der Waals surface area contributed by atoms with E-state index in [4.69, 9.17) is 0 Å². The summed E-state index contributed by atoms with van der Waals surface area (Å²) in [6.45, 7) is 4.35. The Labute approximate surface area is 230 Å². The summed E-state index contributed by atoms with van der Waals surface area (Å²) in [6.07, 6.45) is 21.5. The Morgan fingerprint density at radius 3 is 1.95 bits per heavy atom. The molecule has 4 aliphatic rings. The van der Waals surface area contributed by atoms with Crippen LogP contribution >= 0.6 is 0 Å². The van der Waals surface area contributed by atoms with Gasteiger partial charge >= 0.3 is 0 Å². The number of hydrogen-bond donors (Lipinski definition) is 1. The van der Waals surface area contributed by atoms with Crippen LogP contribution in [0.1, 0.15) is 110 Å². The summed E-state index contributed by atoms with van der Waals surface area (Å²) in [4.78, 5) is 0. The van der Waals surface area contributed by atoms with Crippen LogP contribution in [0.15, 0.2) is 36.2 Å². The average Bonchev–Trinajstić information content (AvgIpc) is 2.93. The predicted octanol–water partition coefficient (Wildman–Crippen LogP) is 9.86. The van der Waals surface area contributed by atoms with Crippen molar-refractivity contribution in [3.05, 3.63) is 36.2 Å². The maximum atomic E-state index is 15.4. The SMILES string of the molecule is CCCCC1CCC(CCC(O)C2C=CC(C3CCC(C4C=CC(CCC)CC4)C(F)[C@H]3F)CC2)C=C1F. The first kappa shape index (κ1) is 29.9. The Morgan fingerprint density at radius 2 is 1.39 bits per heavy atom. The fraction of sp³-hybridized carbons (Fsp3) is 0.824. The average molecular weight is 535 g/mol. The van der Waals surface area contributed by atoms with Gasteiger partial charge in [0.25, 0.3) is 0 Å². The van der Waals surface area contributed by atoms with Gasteiger partial charge in [0, 0.05) is 11.8 Å². The monoisotopic (exact) mass is 534 g/mol. The van der Waals surface area contributed by atoms with E-state index in [1.165, 1.54) is 12.8 Å². The molecule has 10 unspecified atom stereocenters. The highest BCUT2D eigenvalue weighted by molar-refractivity contribution is 5.09. The number of aliphatic hydroxyl groups is 1. The van der Waals surface area contributed by atoms with Crippen molar-refractivity contribution in [3.63, 3.8) is 0 Å². The third kappa shape index (κ3) is 7.58. The maximum Gasteiger partial charge on any atom is 0.135 e. The van der Waals surface area contributed by atoms with E-state index < -0.39 is 18.4 Å². The van der Waals surface area contributed by atoms with E-state index in [1.54, 1.807) is 0 Å². The van der Waals surface area contributed by atoms with Crippen LogP contribution in [0.2, 0.25) is 0 Å². The topological polar surface area (TPSA) is 20.2 Å². The molecule has 11 atom stereocenters. The molecular formula is C34H53F3O. The Kier molecular flexibility index (Phi) is 11.5. The van der Waals surface area contributed by atoms with Gasteiger partial charge in [-0.1, -0.05) is 57.4 Å². The van der Waals surface area contributed by atoms with E-state index in [0.717, 1.165) is 77.0 Å². The third-order valence-corrected chi connectivity index (χ3v) is 10.6. The van der Waals surface area contributed by atoms with E-state index in [0.29, 0.717) is 12.3 Å². The van der Waals surface area contributed by atoms with Gasteiger partial charge in [-0.25, -0.2) is 13.2 Å². The molecule has 1 nitrogen and oxygen atoms in total. The van der Waals surface area contributed by atoms with Crippen LogP contribution in [-0.2, 0) is 0 Å². The molecule has 216 valence electrons. The molecule has 0 aliphatic heterocycles. The van der Waals surface area contributed by atoms with E-state index in [-0.39, 0.29) is 47.3 Å². The molecule has 0 bridgehead atoms. The largest absolute Gasteiger partial charge is 0.393 e. The second-order valence-corrected chi connectivity index (χ2v) is 13.1. The van der Waals surface area contributed by atoms with E-state index in [2.05, 4.69) is 38.2 Å². The third-order valence-electron chi connectivity index (χ3n) is 10.6. The fourth-order valence-electron chi connectivity index (χ4n) is 8.04. The molecule has 0 radical (unpaired) electrons. The maximum absolute atomic E-state index is 15.4. The number of alkyl halides is 2. The molecular weight excluding hydrogens is 481 g/mol. The predicted molar refractivity (Wildman–Crippen MR) is 152 cm³/mol. The van der Waals surface area contributed by atoms with E-state index in [9.17, 15) is 9.50 Å². The van der Waals surface area contributed by atoms with Crippen molar-refractivity contribution >= 4 is 0 Å². The summed E-state index contributed by atoms with van der Waals surface area (Å²) in [5.74, 6) is 0.910. The molecule has 0 aromatic heterocycles. The summed E-state index contributed by atoms with van der Waals surface area (Å²) < 4.78 is 45.3. The van der Waals surface area contributed by atoms with Crippen LogP contribution in [0.25, 0.3) is 0 Å². The number of hydrogen-bond acceptors (Lipinski definition) is 1. The molecule has 1 saturated carbocycles. The minimum absolute atomic E-state index is 0.0615. The number of rotatable bonds is 11. The van der Waals surface area contributed by atoms with Gasteiger partial charge in [0.05, 0.1) is 11.9 Å². The van der Waals surface area contributed by atoms with E-state index in [1.807, 2.05) is 6.08 Å². The van der Waals surface area contributed by atoms with Gasteiger partial charge in [0.15, 0.2) is 0 Å². The highest BCUT2D eigenvalue weighted by Crippen LogP contribution is 2.46. The molecule has 4 aliphatic carbocycles. The van der Waals surface area contributed by atoms with Gasteiger partial charge in [0.1, 0.15) is 12.3 Å². The number of aliphatic hydroxyl groups excluding tert-OH is 1. The first-order valence-corrected chi connectivity index (χ1v) is 16.1. The Hall–Kier alpha value is -1.03. The normalized spacial score (nSPS) is 40.6. The summed E-state index contributed by atoms with van der Waals surface area (Å²) in [5.41, 5.74) is 0. The molecule has 1 N–H and O–H groups in total. The lowest BCUT2D eigenvalue weighted by Crippen LogP contribution is -2.44. The lowest BCUT2D eigenvalue weighted by atomic mass is 9.65. The number of allylic oxidation sites excluding steroid dienone is 5. The summed E-state index contributed by atoms with van der Waals surface area (Å²) in [6, 6.07) is 0. The van der Waals surface area contributed by atoms with Crippen LogP contribution < -0.4 is 0 Å². The van der Waals surface area contributed by atoms with Crippen molar-refractivity contribution in [1.82, 2.24) is 0 Å². The molecule has 0 aromatic carbocycles. The van der Waals surface area contributed by atoms with Gasteiger partial charge in [-0.3, -0.25) is 0 Å². The quantitative estimate of drug-likeness (QED) is 0.262. The van der Waals surface area contributed by atoms with Crippen LogP contribution in [0.4, 0.5) is 13.2 Å². The second-order valence-electron chi connectivity index (χ2n) is 13.1. The second kappa shape index (κ2) is 14.6. The highest BCUT2D eigenvalue weighted by atomic mass is 19.2. The smallest absolute Gasteiger partial charge is 0.135 e. The van der Waals surface area contributed by atoms with Gasteiger partial charge in [-0.15, -0.1) is 0 Å². The molecule has 1 fully saturated rings. The molecule has 0 heterocycles. The Morgan fingerprint density at radius 1 is 0.737 bits per heavy atom. The number of halogens is 3. The first-order valence-electron chi connectivity index (χ1n) is 16.1. The standard InChI is InChI=1S/C34H53F3O/c1-3-5-7-27-14-10-24(22-31(27)35)11-21-32(38)28-17-15-26(16-18-28)30-20-19-29(33(36)34(30)37)25-12-8-23(6-4-2)9-13-25/h8,12,15,17,22-30,32-34,38H,3-7,9-11,13-14,16,18-21H2,1-2H3/t23?,24?,25?,26?,27?,28?,29?,30?,32?,33?,34-/m0/s1. The molecule has 0 amide bonds. The minimum Gasteiger partial charge on any atom is -0.393 e. The zero-order chi connectivity index (χ0) is 27.1. The van der Waals surface area contributed by atoms with Crippen molar-refractivity contribution in [2.75, 3.05) is 0 Å². The fourth-order valence-corrected chi connectivity index (χ4v) is 8.04. The number of unbranched alkanes of at least 4 members (excludes halogenated alkanes) is 1. The van der Waals surface area contributed by atoms with Crippen molar-refractivity contribution in [2.24, 2.45) is 47.3 Å². The zero-order valence-corrected chi connectivity index (χ0v) is 23.9. The Bertz CT molecular complexity index is 806. The van der Waals surface area contributed by atoms with Crippen LogP contribution in [0.3, 0.4) is 0 Å². The van der Waals surface area contributed by atoms with Crippen molar-refractivity contribution in [3.8, 4) is 0 Å². The van der Waals surface area contributed by atoms with Crippen LogP contribution in [0, 0.1) is 47.3 Å². The summed E-state index contributed by atoms with van der Waals surface area (Å²) >= 11 is 0. The van der Waals surface area contributed by atoms with Crippen LogP contribution in [-0.4, -0.2) is 23.6 Å². The van der Waals surface area contributed by atoms with Gasteiger partial charge in [-0.05, 0) is 119 Å². The van der Waals surface area contributed by atoms with E-state index >= 15 is 8.78 Å². The molecule has 4 rings (SSSR count). The summed E-state index contributed by atoms with van der Waals surface area (Å²) in [5, 5.41) is 10.9. The lowest BCUT2D eigenvalue weighted by molar-refractivity contribution is -0.0136. The lowest BCUT2D eigenvalue weighted by Gasteiger charge is -2.42. The molecule has 0 saturated heterocycles. The molecule has 38 heavy (non-hydrogen) atoms. The van der Waals surface area contributed by atoms with Crippen LogP contribution in [0.5, 0.6) is 0 Å². The van der Waals surface area contributed by atoms with Gasteiger partial charge < -0.3 is 5.11 Å². The zero-order valence-electron chi connectivity index (χ0n) is 23.9. The first-order chi connectivity index (χ1) is 18.4. The van der Waals surface area contributed by atoms with Gasteiger partial charge in [0.2, 0.25) is 0 Å². The van der Waals surface area contributed by atoms with Crippen molar-refractivity contribution < 1.29 is 18.3 Å². The minimum atomic E-state index is -1.39. The van der Waals surface area contributed by atoms with Gasteiger partial charge in [-0.2, -0.15) is 0 Å². The van der Waals surface area contributed by atoms with Crippen molar-refractivity contribution in [2.45, 2.75) is 129 Å².